The van der Waals surface area contributed by atoms with Crippen molar-refractivity contribution < 1.29 is 4.74 Å². The van der Waals surface area contributed by atoms with Crippen LogP contribution in [0.4, 0.5) is 11.5 Å². The zero-order valence-electron chi connectivity index (χ0n) is 18.0. The molecule has 3 rings (SSSR count). The summed E-state index contributed by atoms with van der Waals surface area (Å²) < 4.78 is 6.32. The molecule has 1 aliphatic heterocycles. The molecule has 0 bridgehead atoms. The minimum absolute atomic E-state index is 0.201. The molecule has 30 heavy (non-hydrogen) atoms. The first-order valence-corrected chi connectivity index (χ1v) is 11.0. The van der Waals surface area contributed by atoms with E-state index in [9.17, 15) is 0 Å². The van der Waals surface area contributed by atoms with Crippen molar-refractivity contribution in [1.29, 1.82) is 0 Å². The lowest BCUT2D eigenvalue weighted by Gasteiger charge is -2.32. The van der Waals surface area contributed by atoms with Gasteiger partial charge < -0.3 is 10.1 Å². The molecule has 1 fully saturated rings. The second-order valence-corrected chi connectivity index (χ2v) is 8.25. The zero-order chi connectivity index (χ0) is 21.7. The van der Waals surface area contributed by atoms with Crippen LogP contribution in [0.25, 0.3) is 0 Å². The van der Waals surface area contributed by atoms with Crippen LogP contribution in [0.15, 0.2) is 35.3 Å². The van der Waals surface area contributed by atoms with E-state index >= 15 is 0 Å². The Morgan fingerprint density at radius 2 is 2.10 bits per heavy atom. The molecule has 0 saturated carbocycles. The summed E-state index contributed by atoms with van der Waals surface area (Å²) in [7, 11) is 3.64. The number of pyridine rings is 1. The van der Waals surface area contributed by atoms with Gasteiger partial charge in [-0.1, -0.05) is 30.1 Å². The summed E-state index contributed by atoms with van der Waals surface area (Å²) in [6, 6.07) is 9.31. The number of anilines is 2. The number of guanidine groups is 1. The number of nitrogens with zero attached hydrogens (tertiary/aromatic N) is 4. The molecule has 0 radical (unpaired) electrons. The molecule has 2 heterocycles. The van der Waals surface area contributed by atoms with Crippen LogP contribution in [0.3, 0.4) is 0 Å². The summed E-state index contributed by atoms with van der Waals surface area (Å²) in [5.41, 5.74) is 1.69. The number of ether oxygens (including phenoxy) is 1. The maximum absolute atomic E-state index is 6.32. The fourth-order valence-corrected chi connectivity index (χ4v) is 3.85. The first-order chi connectivity index (χ1) is 14.4. The maximum Gasteiger partial charge on any atom is 0.203 e. The number of halogens is 2. The molecule has 1 aromatic carbocycles. The average molecular weight is 450 g/mol. The number of hydrogen-bond acceptors (Lipinski definition) is 4. The minimum atomic E-state index is 0.201. The van der Waals surface area contributed by atoms with Gasteiger partial charge in [0.25, 0.3) is 0 Å². The molecule has 8 heteroatoms. The molecule has 1 atom stereocenters. The highest BCUT2D eigenvalue weighted by Gasteiger charge is 2.21. The fraction of sp³-hybridized carbons (Fsp3) is 0.455. The summed E-state index contributed by atoms with van der Waals surface area (Å²) in [4.78, 5) is 13.4. The van der Waals surface area contributed by atoms with E-state index in [-0.39, 0.29) is 6.10 Å². The first-order valence-electron chi connectivity index (χ1n) is 10.2. The third-order valence-electron chi connectivity index (χ3n) is 5.17. The van der Waals surface area contributed by atoms with E-state index in [1.807, 2.05) is 37.1 Å². The molecular formula is C22H29Cl2N5O. The Morgan fingerprint density at radius 3 is 2.80 bits per heavy atom. The van der Waals surface area contributed by atoms with Crippen LogP contribution in [0.5, 0.6) is 5.75 Å². The third-order valence-corrected chi connectivity index (χ3v) is 5.91. The lowest BCUT2D eigenvalue weighted by Crippen LogP contribution is -2.40. The highest BCUT2D eigenvalue weighted by atomic mass is 35.5. The molecule has 162 valence electrons. The molecular weight excluding hydrogens is 421 g/mol. The van der Waals surface area contributed by atoms with Gasteiger partial charge in [0.2, 0.25) is 5.96 Å². The van der Waals surface area contributed by atoms with E-state index in [0.717, 1.165) is 55.4 Å². The molecule has 0 aliphatic carbocycles. The maximum atomic E-state index is 6.32. The first kappa shape index (κ1) is 22.7. The predicted octanol–water partition coefficient (Wildman–Crippen LogP) is 5.09. The lowest BCUT2D eigenvalue weighted by molar-refractivity contribution is 0.0919. The summed E-state index contributed by atoms with van der Waals surface area (Å²) in [5, 5.41) is 4.27. The number of hydrogen-bond donors (Lipinski definition) is 1. The van der Waals surface area contributed by atoms with Crippen molar-refractivity contribution in [2.24, 2.45) is 4.99 Å². The number of aryl methyl sites for hydroxylation is 1. The van der Waals surface area contributed by atoms with Crippen molar-refractivity contribution in [3.8, 4) is 5.75 Å². The van der Waals surface area contributed by atoms with Gasteiger partial charge in [-0.05, 0) is 51.1 Å². The molecule has 2 aromatic rings. The Hall–Kier alpha value is -2.02. The Bertz CT molecular complexity index is 905. The van der Waals surface area contributed by atoms with Crippen LogP contribution in [0.1, 0.15) is 25.5 Å². The van der Waals surface area contributed by atoms with Crippen molar-refractivity contribution in [2.75, 3.05) is 43.9 Å². The van der Waals surface area contributed by atoms with Crippen molar-refractivity contribution in [3.05, 3.63) is 46.1 Å². The number of likely N-dealkylation sites (tertiary alicyclic amines) is 1. The van der Waals surface area contributed by atoms with Gasteiger partial charge >= 0.3 is 0 Å². The van der Waals surface area contributed by atoms with E-state index in [0.29, 0.717) is 16.0 Å². The number of aromatic nitrogens is 1. The van der Waals surface area contributed by atoms with Crippen LogP contribution in [-0.2, 0) is 0 Å². The second kappa shape index (κ2) is 10.3. The van der Waals surface area contributed by atoms with Crippen molar-refractivity contribution >= 4 is 40.7 Å². The van der Waals surface area contributed by atoms with E-state index in [2.05, 4.69) is 27.1 Å². The second-order valence-electron chi connectivity index (χ2n) is 7.44. The number of benzene rings is 1. The van der Waals surface area contributed by atoms with Gasteiger partial charge in [-0.3, -0.25) is 14.8 Å². The Kier molecular flexibility index (Phi) is 7.81. The fourth-order valence-electron chi connectivity index (χ4n) is 3.55. The minimum Gasteiger partial charge on any atom is -0.489 e. The zero-order valence-corrected chi connectivity index (χ0v) is 19.5. The molecule has 1 N–H and O–H groups in total. The van der Waals surface area contributed by atoms with Crippen LogP contribution in [0.2, 0.25) is 10.0 Å². The topological polar surface area (TPSA) is 53.0 Å². The molecule has 0 amide bonds. The van der Waals surface area contributed by atoms with Crippen LogP contribution < -0.4 is 15.0 Å². The Balaban J connectivity index is 1.75. The predicted molar refractivity (Wildman–Crippen MR) is 127 cm³/mol. The normalized spacial score (nSPS) is 17.7. The summed E-state index contributed by atoms with van der Waals surface area (Å²) in [6.07, 6.45) is 2.44. The van der Waals surface area contributed by atoms with E-state index in [1.54, 1.807) is 19.2 Å². The van der Waals surface area contributed by atoms with Crippen LogP contribution in [0, 0.1) is 6.92 Å². The van der Waals surface area contributed by atoms with E-state index in [4.69, 9.17) is 27.9 Å². The average Bonchev–Trinajstić information content (AvgIpc) is 2.73. The van der Waals surface area contributed by atoms with Crippen molar-refractivity contribution in [1.82, 2.24) is 9.88 Å². The molecule has 1 aliphatic rings. The summed E-state index contributed by atoms with van der Waals surface area (Å²) >= 11 is 12.1. The number of rotatable bonds is 5. The van der Waals surface area contributed by atoms with Gasteiger partial charge in [0.1, 0.15) is 17.7 Å². The van der Waals surface area contributed by atoms with Gasteiger partial charge in [0.15, 0.2) is 0 Å². The largest absolute Gasteiger partial charge is 0.489 e. The molecule has 1 saturated heterocycles. The van der Waals surface area contributed by atoms with Gasteiger partial charge in [-0.2, -0.15) is 0 Å². The van der Waals surface area contributed by atoms with Crippen molar-refractivity contribution in [2.45, 2.75) is 32.8 Å². The van der Waals surface area contributed by atoms with Gasteiger partial charge in [-0.25, -0.2) is 4.98 Å². The third kappa shape index (κ3) is 5.78. The van der Waals surface area contributed by atoms with E-state index < -0.39 is 0 Å². The smallest absolute Gasteiger partial charge is 0.203 e. The van der Waals surface area contributed by atoms with Gasteiger partial charge in [0.05, 0.1) is 10.0 Å². The number of piperidine rings is 1. The van der Waals surface area contributed by atoms with E-state index in [1.165, 1.54) is 0 Å². The lowest BCUT2D eigenvalue weighted by atomic mass is 10.1. The molecule has 1 unspecified atom stereocenters. The standard InChI is InChI=1S/C22H29Cl2N5O/c1-5-29-10-6-7-17(14-29)30-18-11-15(2)26-21(13-18)28(4)22(25-3)27-16-8-9-19(23)20(24)12-16/h8-9,11-13,17H,5-7,10,14H2,1-4H3,(H,25,27). The summed E-state index contributed by atoms with van der Waals surface area (Å²) in [5.74, 6) is 2.21. The molecule has 6 nitrogen and oxygen atoms in total. The molecule has 0 spiro atoms. The SMILES string of the molecule is CCN1CCCC(Oc2cc(C)nc(N(C)C(=NC)Nc3ccc(Cl)c(Cl)c3)c2)C1. The summed E-state index contributed by atoms with van der Waals surface area (Å²) in [6.45, 7) is 7.33. The molecule has 1 aromatic heterocycles. The Morgan fingerprint density at radius 1 is 1.30 bits per heavy atom. The van der Waals surface area contributed by atoms with Crippen LogP contribution in [-0.4, -0.2) is 55.7 Å². The van der Waals surface area contributed by atoms with Gasteiger partial charge in [-0.15, -0.1) is 0 Å². The highest BCUT2D eigenvalue weighted by Crippen LogP contribution is 2.27. The number of likely N-dealkylation sites (N-methyl/N-ethyl adjacent to an activating group) is 1. The highest BCUT2D eigenvalue weighted by molar-refractivity contribution is 6.42. The number of aliphatic imine (C=N–C) groups is 1. The Labute approximate surface area is 188 Å². The van der Waals surface area contributed by atoms with Crippen molar-refractivity contribution in [3.63, 3.8) is 0 Å². The van der Waals surface area contributed by atoms with Gasteiger partial charge in [0, 0.05) is 44.2 Å². The quantitative estimate of drug-likeness (QED) is 0.508. The number of nitrogens with one attached hydrogen (secondary N) is 1. The van der Waals surface area contributed by atoms with Crippen LogP contribution >= 0.6 is 23.2 Å². The monoisotopic (exact) mass is 449 g/mol.